The zero-order valence-electron chi connectivity index (χ0n) is 11.2. The summed E-state index contributed by atoms with van der Waals surface area (Å²) < 4.78 is 0. The molecule has 1 aromatic carbocycles. The molecule has 3 nitrogen and oxygen atoms in total. The molecule has 0 heterocycles. The number of benzene rings is 1. The van der Waals surface area contributed by atoms with Crippen LogP contribution in [0.25, 0.3) is 0 Å². The van der Waals surface area contributed by atoms with Crippen LogP contribution in [0, 0.1) is 5.92 Å². The van der Waals surface area contributed by atoms with E-state index < -0.39 is 0 Å². The molecule has 0 aliphatic heterocycles. The highest BCUT2D eigenvalue weighted by Crippen LogP contribution is 2.17. The van der Waals surface area contributed by atoms with Crippen LogP contribution in [0.15, 0.2) is 30.3 Å². The first-order valence-electron chi connectivity index (χ1n) is 6.27. The minimum absolute atomic E-state index is 0.114. The van der Waals surface area contributed by atoms with E-state index in [0.717, 1.165) is 19.6 Å². The Balaban J connectivity index is 2.30. The normalized spacial score (nSPS) is 14.9. The zero-order valence-corrected chi connectivity index (χ0v) is 11.2. The van der Waals surface area contributed by atoms with Crippen molar-refractivity contribution >= 4 is 0 Å². The summed E-state index contributed by atoms with van der Waals surface area (Å²) >= 11 is 0. The Kier molecular flexibility index (Phi) is 6.19. The zero-order chi connectivity index (χ0) is 12.7. The minimum Gasteiger partial charge on any atom is -0.324 e. The van der Waals surface area contributed by atoms with Gasteiger partial charge in [0.25, 0.3) is 0 Å². The molecule has 0 saturated heterocycles. The van der Waals surface area contributed by atoms with Crippen LogP contribution in [-0.2, 0) is 0 Å². The van der Waals surface area contributed by atoms with Crippen molar-refractivity contribution in [2.75, 3.05) is 33.7 Å². The fourth-order valence-electron chi connectivity index (χ4n) is 1.76. The highest BCUT2D eigenvalue weighted by atomic mass is 15.1. The summed E-state index contributed by atoms with van der Waals surface area (Å²) in [5, 5.41) is 3.45. The van der Waals surface area contributed by atoms with Gasteiger partial charge in [0.15, 0.2) is 0 Å². The van der Waals surface area contributed by atoms with Gasteiger partial charge < -0.3 is 16.0 Å². The lowest BCUT2D eigenvalue weighted by atomic mass is 9.95. The second-order valence-electron chi connectivity index (χ2n) is 4.92. The number of nitrogens with two attached hydrogens (primary N) is 1. The van der Waals surface area contributed by atoms with Gasteiger partial charge >= 0.3 is 0 Å². The third-order valence-corrected chi connectivity index (χ3v) is 3.00. The van der Waals surface area contributed by atoms with Crippen molar-refractivity contribution in [2.24, 2.45) is 11.7 Å². The van der Waals surface area contributed by atoms with Gasteiger partial charge in [0, 0.05) is 19.1 Å². The van der Waals surface area contributed by atoms with Gasteiger partial charge in [-0.2, -0.15) is 0 Å². The fourth-order valence-corrected chi connectivity index (χ4v) is 1.76. The summed E-state index contributed by atoms with van der Waals surface area (Å²) in [5.41, 5.74) is 7.45. The molecule has 0 radical (unpaired) electrons. The van der Waals surface area contributed by atoms with Crippen LogP contribution in [-0.4, -0.2) is 38.6 Å². The maximum atomic E-state index is 6.23. The van der Waals surface area contributed by atoms with E-state index in [-0.39, 0.29) is 6.04 Å². The molecule has 1 rings (SSSR count). The third kappa shape index (κ3) is 5.31. The molecule has 0 fully saturated rings. The number of nitrogens with one attached hydrogen (secondary N) is 1. The Morgan fingerprint density at radius 2 is 1.88 bits per heavy atom. The van der Waals surface area contributed by atoms with E-state index in [2.05, 4.69) is 43.4 Å². The highest BCUT2D eigenvalue weighted by Gasteiger charge is 2.13. The summed E-state index contributed by atoms with van der Waals surface area (Å²) in [6.07, 6.45) is 0. The standard InChI is InChI=1S/C14H25N3/c1-12(11-16-9-10-17(2)3)14(15)13-7-5-4-6-8-13/h4-8,12,14,16H,9-11,15H2,1-3H3/t12-,14+/m0/s1. The first kappa shape index (κ1) is 14.2. The minimum atomic E-state index is 0.114. The van der Waals surface area contributed by atoms with Crippen LogP contribution in [0.4, 0.5) is 0 Å². The molecule has 0 saturated carbocycles. The molecule has 0 spiro atoms. The monoisotopic (exact) mass is 235 g/mol. The van der Waals surface area contributed by atoms with Crippen molar-refractivity contribution in [3.63, 3.8) is 0 Å². The summed E-state index contributed by atoms with van der Waals surface area (Å²) in [5.74, 6) is 0.444. The molecular weight excluding hydrogens is 210 g/mol. The predicted molar refractivity (Wildman–Crippen MR) is 74.0 cm³/mol. The van der Waals surface area contributed by atoms with Gasteiger partial charge in [0.1, 0.15) is 0 Å². The quantitative estimate of drug-likeness (QED) is 0.703. The molecule has 0 aliphatic carbocycles. The Hall–Kier alpha value is -0.900. The lowest BCUT2D eigenvalue weighted by molar-refractivity contribution is 0.377. The molecule has 0 bridgehead atoms. The van der Waals surface area contributed by atoms with E-state index >= 15 is 0 Å². The first-order valence-corrected chi connectivity index (χ1v) is 6.27. The average Bonchev–Trinajstić information content (AvgIpc) is 2.34. The third-order valence-electron chi connectivity index (χ3n) is 3.00. The van der Waals surface area contributed by atoms with Gasteiger partial charge in [-0.15, -0.1) is 0 Å². The predicted octanol–water partition coefficient (Wildman–Crippen LogP) is 1.47. The first-order chi connectivity index (χ1) is 8.11. The van der Waals surface area contributed by atoms with Crippen molar-refractivity contribution in [1.29, 1.82) is 0 Å². The van der Waals surface area contributed by atoms with Crippen molar-refractivity contribution < 1.29 is 0 Å². The van der Waals surface area contributed by atoms with E-state index in [9.17, 15) is 0 Å². The summed E-state index contributed by atoms with van der Waals surface area (Å²) in [6, 6.07) is 10.4. The molecule has 0 aromatic heterocycles. The SMILES string of the molecule is C[C@@H](CNCCN(C)C)[C@@H](N)c1ccccc1. The lowest BCUT2D eigenvalue weighted by Gasteiger charge is -2.21. The van der Waals surface area contributed by atoms with Gasteiger partial charge in [0.05, 0.1) is 0 Å². The molecule has 0 unspecified atom stereocenters. The maximum Gasteiger partial charge on any atom is 0.0333 e. The van der Waals surface area contributed by atoms with Crippen LogP contribution < -0.4 is 11.1 Å². The number of hydrogen-bond acceptors (Lipinski definition) is 3. The molecule has 3 heteroatoms. The van der Waals surface area contributed by atoms with Gasteiger partial charge in [0.2, 0.25) is 0 Å². The molecule has 3 N–H and O–H groups in total. The van der Waals surface area contributed by atoms with Gasteiger partial charge in [-0.1, -0.05) is 37.3 Å². The molecule has 0 aliphatic rings. The van der Waals surface area contributed by atoms with Gasteiger partial charge in [-0.25, -0.2) is 0 Å². The molecule has 96 valence electrons. The smallest absolute Gasteiger partial charge is 0.0333 e. The van der Waals surface area contributed by atoms with Crippen LogP contribution >= 0.6 is 0 Å². The topological polar surface area (TPSA) is 41.3 Å². The van der Waals surface area contributed by atoms with E-state index in [1.54, 1.807) is 0 Å². The van der Waals surface area contributed by atoms with Crippen LogP contribution in [0.2, 0.25) is 0 Å². The number of nitrogens with zero attached hydrogens (tertiary/aromatic N) is 1. The lowest BCUT2D eigenvalue weighted by Crippen LogP contribution is -2.33. The second-order valence-corrected chi connectivity index (χ2v) is 4.92. The van der Waals surface area contributed by atoms with Crippen molar-refractivity contribution in [3.05, 3.63) is 35.9 Å². The number of likely N-dealkylation sites (N-methyl/N-ethyl adjacent to an activating group) is 1. The van der Waals surface area contributed by atoms with E-state index in [0.29, 0.717) is 5.92 Å². The number of hydrogen-bond donors (Lipinski definition) is 2. The van der Waals surface area contributed by atoms with E-state index in [4.69, 9.17) is 5.73 Å². The molecule has 17 heavy (non-hydrogen) atoms. The molecule has 2 atom stereocenters. The fraction of sp³-hybridized carbons (Fsp3) is 0.571. The maximum absolute atomic E-state index is 6.23. The Morgan fingerprint density at radius 1 is 1.24 bits per heavy atom. The van der Waals surface area contributed by atoms with Crippen LogP contribution in [0.1, 0.15) is 18.5 Å². The van der Waals surface area contributed by atoms with Crippen LogP contribution in [0.3, 0.4) is 0 Å². The molecular formula is C14H25N3. The largest absolute Gasteiger partial charge is 0.324 e. The van der Waals surface area contributed by atoms with Crippen LogP contribution in [0.5, 0.6) is 0 Å². The van der Waals surface area contributed by atoms with Crippen molar-refractivity contribution in [1.82, 2.24) is 10.2 Å². The van der Waals surface area contributed by atoms with Gasteiger partial charge in [-0.3, -0.25) is 0 Å². The highest BCUT2D eigenvalue weighted by molar-refractivity contribution is 5.19. The summed E-state index contributed by atoms with van der Waals surface area (Å²) in [4.78, 5) is 2.18. The Bertz CT molecular complexity index is 298. The second kappa shape index (κ2) is 7.43. The number of rotatable bonds is 7. The van der Waals surface area contributed by atoms with Gasteiger partial charge in [-0.05, 0) is 32.1 Å². The molecule has 0 amide bonds. The molecule has 1 aromatic rings. The van der Waals surface area contributed by atoms with Crippen molar-refractivity contribution in [3.8, 4) is 0 Å². The van der Waals surface area contributed by atoms with E-state index in [1.165, 1.54) is 5.56 Å². The summed E-state index contributed by atoms with van der Waals surface area (Å²) in [7, 11) is 4.17. The Labute approximate surface area is 105 Å². The average molecular weight is 235 g/mol. The van der Waals surface area contributed by atoms with Crippen molar-refractivity contribution in [2.45, 2.75) is 13.0 Å². The van der Waals surface area contributed by atoms with E-state index in [1.807, 2.05) is 18.2 Å². The summed E-state index contributed by atoms with van der Waals surface area (Å²) in [6.45, 7) is 5.23. The Morgan fingerprint density at radius 3 is 2.47 bits per heavy atom.